The monoisotopic (exact) mass is 286 g/mol. The van der Waals surface area contributed by atoms with E-state index in [2.05, 4.69) is 0 Å². The fourth-order valence-electron chi connectivity index (χ4n) is 2.59. The molecule has 0 aromatic heterocycles. The second-order valence-corrected chi connectivity index (χ2v) is 6.66. The van der Waals surface area contributed by atoms with Gasteiger partial charge in [0.15, 0.2) is 6.10 Å². The molecule has 0 bridgehead atoms. The quantitative estimate of drug-likeness (QED) is 0.553. The predicted molar refractivity (Wildman–Crippen MR) is 76.0 cm³/mol. The van der Waals surface area contributed by atoms with Crippen LogP contribution in [0, 0.1) is 0 Å². The molecular weight excluding hydrogens is 258 g/mol. The Kier molecular flexibility index (Phi) is 6.46. The molecule has 5 heteroatoms. The van der Waals surface area contributed by atoms with Gasteiger partial charge in [-0.05, 0) is 25.7 Å². The van der Waals surface area contributed by atoms with E-state index < -0.39 is 6.10 Å². The minimum absolute atomic E-state index is 0.0540. The molecule has 0 aromatic rings. The van der Waals surface area contributed by atoms with Gasteiger partial charge in [0.25, 0.3) is 0 Å². The molecule has 1 fully saturated rings. The Morgan fingerprint density at radius 1 is 1.15 bits per heavy atom. The van der Waals surface area contributed by atoms with Gasteiger partial charge in [0.1, 0.15) is 12.6 Å². The summed E-state index contributed by atoms with van der Waals surface area (Å²) in [5.74, 6) is -0.606. The number of hydrogen-bond donors (Lipinski definition) is 0. The third-order valence-electron chi connectivity index (χ3n) is 3.33. The summed E-state index contributed by atoms with van der Waals surface area (Å²) in [5.41, 5.74) is 0. The van der Waals surface area contributed by atoms with E-state index >= 15 is 0 Å². The van der Waals surface area contributed by atoms with Crippen LogP contribution >= 0.6 is 0 Å². The zero-order valence-electron chi connectivity index (χ0n) is 13.2. The zero-order valence-corrected chi connectivity index (χ0v) is 13.2. The number of carbonyl (C=O) groups is 2. The Morgan fingerprint density at radius 2 is 1.75 bits per heavy atom. The van der Waals surface area contributed by atoms with Gasteiger partial charge in [0.05, 0.1) is 27.6 Å². The first-order chi connectivity index (χ1) is 9.26. The highest BCUT2D eigenvalue weighted by Gasteiger charge is 2.26. The molecule has 116 valence electrons. The molecule has 20 heavy (non-hydrogen) atoms. The number of nitrogens with zero attached hydrogens (tertiary/aromatic N) is 1. The lowest BCUT2D eigenvalue weighted by Crippen LogP contribution is -2.44. The third-order valence-corrected chi connectivity index (χ3v) is 3.33. The van der Waals surface area contributed by atoms with E-state index in [1.807, 2.05) is 21.1 Å². The largest absolute Gasteiger partial charge is 0.462 e. The maximum absolute atomic E-state index is 12.0. The van der Waals surface area contributed by atoms with Gasteiger partial charge < -0.3 is 14.0 Å². The zero-order chi connectivity index (χ0) is 15.2. The van der Waals surface area contributed by atoms with Crippen molar-refractivity contribution >= 4 is 11.9 Å². The average Bonchev–Trinajstić information content (AvgIpc) is 2.26. The summed E-state index contributed by atoms with van der Waals surface area (Å²) in [6.07, 6.45) is 5.19. The van der Waals surface area contributed by atoms with E-state index in [9.17, 15) is 9.59 Å². The van der Waals surface area contributed by atoms with Gasteiger partial charge in [-0.3, -0.25) is 9.59 Å². The summed E-state index contributed by atoms with van der Waals surface area (Å²) >= 11 is 0. The number of ether oxygens (including phenoxy) is 2. The Morgan fingerprint density at radius 3 is 2.25 bits per heavy atom. The summed E-state index contributed by atoms with van der Waals surface area (Å²) < 4.78 is 11.3. The minimum atomic E-state index is -0.413. The van der Waals surface area contributed by atoms with Crippen molar-refractivity contribution in [3.05, 3.63) is 0 Å². The van der Waals surface area contributed by atoms with Crippen molar-refractivity contribution in [2.45, 2.75) is 57.7 Å². The van der Waals surface area contributed by atoms with Crippen LogP contribution in [0.4, 0.5) is 0 Å². The van der Waals surface area contributed by atoms with Crippen LogP contribution < -0.4 is 0 Å². The maximum atomic E-state index is 12.0. The molecule has 0 spiro atoms. The molecule has 5 nitrogen and oxygen atoms in total. The molecule has 1 aliphatic rings. The Bertz CT molecular complexity index is 329. The van der Waals surface area contributed by atoms with E-state index in [4.69, 9.17) is 9.47 Å². The first-order valence-corrected chi connectivity index (χ1v) is 7.43. The van der Waals surface area contributed by atoms with E-state index in [1.165, 1.54) is 13.3 Å². The molecule has 0 aromatic carbocycles. The minimum Gasteiger partial charge on any atom is -0.462 e. The van der Waals surface area contributed by atoms with Gasteiger partial charge in [-0.15, -0.1) is 0 Å². The molecule has 1 atom stereocenters. The molecule has 0 radical (unpaired) electrons. The number of carbonyl (C=O) groups excluding carboxylic acids is 2. The molecule has 1 rings (SSSR count). The summed E-state index contributed by atoms with van der Waals surface area (Å²) in [6, 6.07) is 0. The second kappa shape index (κ2) is 7.62. The van der Waals surface area contributed by atoms with E-state index in [0.717, 1.165) is 25.7 Å². The SMILES string of the molecule is CC(=O)OC(CC(=O)OC1CCCCC1)C[N+](C)(C)C. The van der Waals surface area contributed by atoms with Crippen LogP contribution in [0.15, 0.2) is 0 Å². The van der Waals surface area contributed by atoms with Crippen molar-refractivity contribution < 1.29 is 23.5 Å². The van der Waals surface area contributed by atoms with Crippen LogP contribution in [0.5, 0.6) is 0 Å². The number of likely N-dealkylation sites (N-methyl/N-ethyl adjacent to an activating group) is 1. The molecular formula is C15H28NO4+. The Labute approximate surface area is 121 Å². The number of quaternary nitrogens is 1. The van der Waals surface area contributed by atoms with Crippen molar-refractivity contribution in [2.75, 3.05) is 27.7 Å². The molecule has 1 aliphatic carbocycles. The maximum Gasteiger partial charge on any atom is 0.310 e. The highest BCUT2D eigenvalue weighted by Crippen LogP contribution is 2.21. The smallest absolute Gasteiger partial charge is 0.310 e. The summed E-state index contributed by atoms with van der Waals surface area (Å²) in [5, 5.41) is 0. The fourth-order valence-corrected chi connectivity index (χ4v) is 2.59. The first-order valence-electron chi connectivity index (χ1n) is 7.43. The van der Waals surface area contributed by atoms with Crippen LogP contribution in [-0.2, 0) is 19.1 Å². The van der Waals surface area contributed by atoms with Crippen molar-refractivity contribution in [3.8, 4) is 0 Å². The highest BCUT2D eigenvalue weighted by atomic mass is 16.6. The lowest BCUT2D eigenvalue weighted by Gasteiger charge is -2.29. The Balaban J connectivity index is 2.45. The fraction of sp³-hybridized carbons (Fsp3) is 0.867. The van der Waals surface area contributed by atoms with Crippen LogP contribution in [0.1, 0.15) is 45.4 Å². The van der Waals surface area contributed by atoms with Gasteiger partial charge in [-0.2, -0.15) is 0 Å². The van der Waals surface area contributed by atoms with E-state index in [1.54, 1.807) is 0 Å². The van der Waals surface area contributed by atoms with Crippen LogP contribution in [0.2, 0.25) is 0 Å². The predicted octanol–water partition coefficient (Wildman–Crippen LogP) is 1.89. The van der Waals surface area contributed by atoms with Crippen LogP contribution in [0.3, 0.4) is 0 Å². The number of hydrogen-bond acceptors (Lipinski definition) is 4. The van der Waals surface area contributed by atoms with Crippen molar-refractivity contribution in [1.82, 2.24) is 0 Å². The van der Waals surface area contributed by atoms with Crippen molar-refractivity contribution in [1.29, 1.82) is 0 Å². The molecule has 0 N–H and O–H groups in total. The van der Waals surface area contributed by atoms with Gasteiger partial charge in [0, 0.05) is 6.92 Å². The van der Waals surface area contributed by atoms with Crippen LogP contribution in [0.25, 0.3) is 0 Å². The number of rotatable bonds is 6. The molecule has 0 saturated heterocycles. The topological polar surface area (TPSA) is 52.6 Å². The van der Waals surface area contributed by atoms with E-state index in [-0.39, 0.29) is 24.5 Å². The van der Waals surface area contributed by atoms with Gasteiger partial charge in [0.2, 0.25) is 0 Å². The third kappa shape index (κ3) is 7.48. The van der Waals surface area contributed by atoms with Gasteiger partial charge >= 0.3 is 11.9 Å². The van der Waals surface area contributed by atoms with Crippen molar-refractivity contribution in [3.63, 3.8) is 0 Å². The van der Waals surface area contributed by atoms with Gasteiger partial charge in [-0.1, -0.05) is 6.42 Å². The number of esters is 2. The normalized spacial score (nSPS) is 18.4. The molecule has 1 unspecified atom stereocenters. The second-order valence-electron chi connectivity index (χ2n) is 6.66. The average molecular weight is 286 g/mol. The lowest BCUT2D eigenvalue weighted by molar-refractivity contribution is -0.873. The van der Waals surface area contributed by atoms with E-state index in [0.29, 0.717) is 11.0 Å². The summed E-state index contributed by atoms with van der Waals surface area (Å²) in [7, 11) is 6.01. The van der Waals surface area contributed by atoms with Crippen molar-refractivity contribution in [2.24, 2.45) is 0 Å². The standard InChI is InChI=1S/C15H28NO4/c1-12(17)19-14(11-16(2,3)4)10-15(18)20-13-8-6-5-7-9-13/h13-14H,5-11H2,1-4H3/q+1. The molecule has 0 heterocycles. The first kappa shape index (κ1) is 17.0. The van der Waals surface area contributed by atoms with Crippen LogP contribution in [-0.4, -0.2) is 56.3 Å². The summed E-state index contributed by atoms with van der Waals surface area (Å²) in [4.78, 5) is 23.1. The Hall–Kier alpha value is -1.10. The lowest BCUT2D eigenvalue weighted by atomic mass is 9.98. The molecule has 0 aliphatic heterocycles. The molecule has 1 saturated carbocycles. The highest BCUT2D eigenvalue weighted by molar-refractivity contribution is 5.71. The summed E-state index contributed by atoms with van der Waals surface area (Å²) in [6.45, 7) is 1.97. The molecule has 0 amide bonds. The van der Waals surface area contributed by atoms with Gasteiger partial charge in [-0.25, -0.2) is 0 Å².